The van der Waals surface area contributed by atoms with E-state index >= 15 is 0 Å². The van der Waals surface area contributed by atoms with Crippen LogP contribution in [0, 0.1) is 13.8 Å². The molecule has 5 nitrogen and oxygen atoms in total. The number of morpholine rings is 1. The second-order valence-corrected chi connectivity index (χ2v) is 6.12. The molecule has 0 aliphatic carbocycles. The third-order valence-corrected chi connectivity index (χ3v) is 4.32. The highest BCUT2D eigenvalue weighted by atomic mass is 16.5. The summed E-state index contributed by atoms with van der Waals surface area (Å²) < 4.78 is 16.5. The Morgan fingerprint density at radius 1 is 1.29 bits per heavy atom. The molecule has 3 rings (SSSR count). The minimum absolute atomic E-state index is 0.00407. The van der Waals surface area contributed by atoms with Crippen LogP contribution in [0.4, 0.5) is 0 Å². The molecule has 1 aliphatic heterocycles. The van der Waals surface area contributed by atoms with Crippen LogP contribution in [-0.4, -0.2) is 43.7 Å². The first-order chi connectivity index (χ1) is 11.6. The molecule has 1 unspecified atom stereocenters. The van der Waals surface area contributed by atoms with E-state index in [2.05, 4.69) is 0 Å². The predicted octanol–water partition coefficient (Wildman–Crippen LogP) is 2.99. The third-order valence-electron chi connectivity index (χ3n) is 4.32. The van der Waals surface area contributed by atoms with Gasteiger partial charge in [0.2, 0.25) is 0 Å². The van der Waals surface area contributed by atoms with Gasteiger partial charge in [-0.3, -0.25) is 4.79 Å². The molecule has 1 fully saturated rings. The summed E-state index contributed by atoms with van der Waals surface area (Å²) in [6.45, 7) is 5.45. The van der Waals surface area contributed by atoms with Crippen LogP contribution in [0.25, 0.3) is 0 Å². The summed E-state index contributed by atoms with van der Waals surface area (Å²) in [5, 5.41) is 0. The molecule has 1 saturated heterocycles. The number of rotatable bonds is 4. The maximum atomic E-state index is 12.7. The van der Waals surface area contributed by atoms with Crippen LogP contribution in [0.15, 0.2) is 34.7 Å². The lowest BCUT2D eigenvalue weighted by Crippen LogP contribution is -2.46. The number of hydrogen-bond acceptors (Lipinski definition) is 4. The Morgan fingerprint density at radius 2 is 2.04 bits per heavy atom. The van der Waals surface area contributed by atoms with Gasteiger partial charge in [-0.15, -0.1) is 0 Å². The van der Waals surface area contributed by atoms with Crippen LogP contribution >= 0.6 is 0 Å². The molecule has 1 amide bonds. The summed E-state index contributed by atoms with van der Waals surface area (Å²) in [6.07, 6.45) is 0.779. The van der Waals surface area contributed by atoms with E-state index in [4.69, 9.17) is 13.9 Å². The molecular weight excluding hydrogens is 306 g/mol. The number of benzene rings is 1. The normalized spacial score (nSPS) is 17.8. The fraction of sp³-hybridized carbons (Fsp3) is 0.421. The zero-order chi connectivity index (χ0) is 17.1. The number of aryl methyl sites for hydroxylation is 2. The average molecular weight is 329 g/mol. The molecule has 1 aromatic carbocycles. The predicted molar refractivity (Wildman–Crippen MR) is 90.5 cm³/mol. The van der Waals surface area contributed by atoms with Crippen molar-refractivity contribution in [1.82, 2.24) is 4.90 Å². The van der Waals surface area contributed by atoms with E-state index < -0.39 is 0 Å². The van der Waals surface area contributed by atoms with E-state index in [9.17, 15) is 4.79 Å². The van der Waals surface area contributed by atoms with E-state index in [0.29, 0.717) is 31.0 Å². The fourth-order valence-electron chi connectivity index (χ4n) is 3.07. The third kappa shape index (κ3) is 3.62. The van der Waals surface area contributed by atoms with Crippen molar-refractivity contribution in [2.45, 2.75) is 26.4 Å². The number of nitrogens with zero attached hydrogens (tertiary/aromatic N) is 1. The van der Waals surface area contributed by atoms with Crippen molar-refractivity contribution in [3.63, 3.8) is 0 Å². The fourth-order valence-corrected chi connectivity index (χ4v) is 3.07. The van der Waals surface area contributed by atoms with E-state index in [0.717, 1.165) is 17.9 Å². The molecule has 2 heterocycles. The van der Waals surface area contributed by atoms with Gasteiger partial charge in [-0.2, -0.15) is 0 Å². The molecule has 1 aromatic heterocycles. The quantitative estimate of drug-likeness (QED) is 0.865. The van der Waals surface area contributed by atoms with Crippen molar-refractivity contribution in [3.05, 3.63) is 53.0 Å². The lowest BCUT2D eigenvalue weighted by atomic mass is 10.1. The number of carbonyl (C=O) groups excluding carboxylic acids is 1. The second-order valence-electron chi connectivity index (χ2n) is 6.12. The first-order valence-electron chi connectivity index (χ1n) is 8.17. The maximum absolute atomic E-state index is 12.7. The number of amides is 1. The molecule has 2 aromatic rings. The first-order valence-corrected chi connectivity index (χ1v) is 8.17. The van der Waals surface area contributed by atoms with E-state index in [1.165, 1.54) is 5.56 Å². The van der Waals surface area contributed by atoms with Gasteiger partial charge >= 0.3 is 0 Å². The summed E-state index contributed by atoms with van der Waals surface area (Å²) in [4.78, 5) is 14.6. The van der Waals surface area contributed by atoms with Crippen molar-refractivity contribution in [2.24, 2.45) is 0 Å². The van der Waals surface area contributed by atoms with Gasteiger partial charge in [0.05, 0.1) is 25.4 Å². The van der Waals surface area contributed by atoms with Gasteiger partial charge < -0.3 is 18.8 Å². The van der Waals surface area contributed by atoms with Gasteiger partial charge in [0.1, 0.15) is 17.3 Å². The number of carbonyl (C=O) groups is 1. The smallest absolute Gasteiger partial charge is 0.257 e. The van der Waals surface area contributed by atoms with Crippen molar-refractivity contribution < 1.29 is 18.7 Å². The Balaban J connectivity index is 1.65. The van der Waals surface area contributed by atoms with E-state index in [1.807, 2.05) is 49.1 Å². The highest BCUT2D eigenvalue weighted by molar-refractivity contribution is 5.95. The molecule has 24 heavy (non-hydrogen) atoms. The van der Waals surface area contributed by atoms with Crippen LogP contribution in [0.1, 0.15) is 27.4 Å². The summed E-state index contributed by atoms with van der Waals surface area (Å²) in [7, 11) is 1.66. The highest BCUT2D eigenvalue weighted by Gasteiger charge is 2.27. The van der Waals surface area contributed by atoms with Crippen LogP contribution in [-0.2, 0) is 11.2 Å². The van der Waals surface area contributed by atoms with Crippen LogP contribution < -0.4 is 4.74 Å². The number of furan rings is 1. The van der Waals surface area contributed by atoms with Gasteiger partial charge in [0, 0.05) is 19.5 Å². The standard InChI is InChI=1S/C19H23NO4/c1-13-10-18(14(2)24-13)19(21)20-8-9-23-17(12-20)11-15-4-6-16(22-3)7-5-15/h4-7,10,17H,8-9,11-12H2,1-3H3. The topological polar surface area (TPSA) is 51.9 Å². The summed E-state index contributed by atoms with van der Waals surface area (Å²) in [6, 6.07) is 9.77. The highest BCUT2D eigenvalue weighted by Crippen LogP contribution is 2.20. The summed E-state index contributed by atoms with van der Waals surface area (Å²) >= 11 is 0. The van der Waals surface area contributed by atoms with E-state index in [-0.39, 0.29) is 12.0 Å². The van der Waals surface area contributed by atoms with Gasteiger partial charge in [0.15, 0.2) is 0 Å². The Labute approximate surface area is 142 Å². The first kappa shape index (κ1) is 16.6. The minimum atomic E-state index is 0.00407. The Hall–Kier alpha value is -2.27. The molecule has 0 spiro atoms. The summed E-state index contributed by atoms with van der Waals surface area (Å²) in [5.74, 6) is 2.30. The minimum Gasteiger partial charge on any atom is -0.497 e. The zero-order valence-electron chi connectivity index (χ0n) is 14.4. The van der Waals surface area contributed by atoms with Gasteiger partial charge in [0.25, 0.3) is 5.91 Å². The van der Waals surface area contributed by atoms with Crippen LogP contribution in [0.3, 0.4) is 0 Å². The van der Waals surface area contributed by atoms with Crippen molar-refractivity contribution in [2.75, 3.05) is 26.8 Å². The molecule has 0 radical (unpaired) electrons. The largest absolute Gasteiger partial charge is 0.497 e. The molecule has 1 atom stereocenters. The SMILES string of the molecule is COc1ccc(CC2CN(C(=O)c3cc(C)oc3C)CCO2)cc1. The monoisotopic (exact) mass is 329 g/mol. The van der Waals surface area contributed by atoms with E-state index in [1.54, 1.807) is 7.11 Å². The molecule has 128 valence electrons. The van der Waals surface area contributed by atoms with Crippen LogP contribution in [0.5, 0.6) is 5.75 Å². The van der Waals surface area contributed by atoms with Crippen molar-refractivity contribution >= 4 is 5.91 Å². The molecule has 1 aliphatic rings. The number of methoxy groups -OCH3 is 1. The lowest BCUT2D eigenvalue weighted by molar-refractivity contribution is -0.0208. The average Bonchev–Trinajstić information content (AvgIpc) is 2.93. The van der Waals surface area contributed by atoms with Gasteiger partial charge in [-0.25, -0.2) is 0 Å². The maximum Gasteiger partial charge on any atom is 0.257 e. The number of hydrogen-bond donors (Lipinski definition) is 0. The zero-order valence-corrected chi connectivity index (χ0v) is 14.4. The van der Waals surface area contributed by atoms with Crippen LogP contribution in [0.2, 0.25) is 0 Å². The van der Waals surface area contributed by atoms with Gasteiger partial charge in [-0.1, -0.05) is 12.1 Å². The van der Waals surface area contributed by atoms with Crippen molar-refractivity contribution in [3.8, 4) is 5.75 Å². The lowest BCUT2D eigenvalue weighted by Gasteiger charge is -2.33. The van der Waals surface area contributed by atoms with Crippen molar-refractivity contribution in [1.29, 1.82) is 0 Å². The summed E-state index contributed by atoms with van der Waals surface area (Å²) in [5.41, 5.74) is 1.82. The molecule has 0 saturated carbocycles. The molecule has 5 heteroatoms. The second kappa shape index (κ2) is 7.09. The Bertz CT molecular complexity index is 705. The number of ether oxygens (including phenoxy) is 2. The Morgan fingerprint density at radius 3 is 2.67 bits per heavy atom. The van der Waals surface area contributed by atoms with Gasteiger partial charge in [-0.05, 0) is 37.6 Å². The molecule has 0 N–H and O–H groups in total. The molecule has 0 bridgehead atoms. The Kier molecular flexibility index (Phi) is 4.90. The molecular formula is C19H23NO4.